The Labute approximate surface area is 92.3 Å². The molecule has 14 heavy (non-hydrogen) atoms. The van der Waals surface area contributed by atoms with Gasteiger partial charge in [-0.15, -0.1) is 0 Å². The minimum atomic E-state index is -1.93. The average Bonchev–Trinajstić information content (AvgIpc) is 1.93. The van der Waals surface area contributed by atoms with Crippen LogP contribution >= 0.6 is 15.9 Å². The average molecular weight is 266 g/mol. The zero-order valence-corrected chi connectivity index (χ0v) is 10.4. The van der Waals surface area contributed by atoms with Gasteiger partial charge in [-0.3, -0.25) is 4.79 Å². The van der Waals surface area contributed by atoms with Crippen molar-refractivity contribution in [1.29, 1.82) is 0 Å². The van der Waals surface area contributed by atoms with Gasteiger partial charge in [0.05, 0.1) is 10.7 Å². The molecule has 1 rings (SSSR count). The minimum Gasteiger partial charge on any atom is -0.427 e. The summed E-state index contributed by atoms with van der Waals surface area (Å²) in [4.78, 5) is 10.9. The predicted octanol–water partition coefficient (Wildman–Crippen LogP) is 2.86. The van der Waals surface area contributed by atoms with Crippen LogP contribution in [0.5, 0.6) is 0 Å². The molecule has 1 heterocycles. The van der Waals surface area contributed by atoms with E-state index in [-0.39, 0.29) is 11.3 Å². The molecule has 2 nitrogen and oxygen atoms in total. The number of carbonyl (C=O) groups excluding carboxylic acids is 1. The second-order valence-corrected chi connectivity index (χ2v) is 5.83. The molecule has 1 radical (unpaired) electrons. The van der Waals surface area contributed by atoms with Gasteiger partial charge in [0.25, 0.3) is 5.85 Å². The summed E-state index contributed by atoms with van der Waals surface area (Å²) >= 11 is 3.16. The van der Waals surface area contributed by atoms with Gasteiger partial charge < -0.3 is 4.74 Å². The molecular formula is C10H15BrFO2. The van der Waals surface area contributed by atoms with Gasteiger partial charge in [0.2, 0.25) is 0 Å². The number of ether oxygens (including phenoxy) is 1. The highest BCUT2D eigenvalue weighted by atomic mass is 79.9. The fraction of sp³-hybridized carbons (Fsp3) is 0.800. The molecule has 81 valence electrons. The van der Waals surface area contributed by atoms with Crippen LogP contribution in [0.25, 0.3) is 0 Å². The SMILES string of the molecule is CC(C)(C)[C@H]1[CH][C@@H](Br)[C@](C)(F)OC1=O. The smallest absolute Gasteiger partial charge is 0.312 e. The summed E-state index contributed by atoms with van der Waals surface area (Å²) in [6.45, 7) is 7.03. The maximum Gasteiger partial charge on any atom is 0.312 e. The molecule has 0 amide bonds. The van der Waals surface area contributed by atoms with Crippen molar-refractivity contribution in [2.24, 2.45) is 11.3 Å². The van der Waals surface area contributed by atoms with Gasteiger partial charge in [0.1, 0.15) is 0 Å². The summed E-state index contributed by atoms with van der Waals surface area (Å²) in [6.07, 6.45) is 1.67. The summed E-state index contributed by atoms with van der Waals surface area (Å²) in [5, 5.41) is 0. The van der Waals surface area contributed by atoms with Gasteiger partial charge in [-0.1, -0.05) is 36.7 Å². The molecule has 1 saturated heterocycles. The van der Waals surface area contributed by atoms with Gasteiger partial charge in [0.15, 0.2) is 0 Å². The Morgan fingerprint density at radius 2 is 2.07 bits per heavy atom. The van der Waals surface area contributed by atoms with Crippen molar-refractivity contribution in [2.45, 2.75) is 38.4 Å². The topological polar surface area (TPSA) is 26.3 Å². The monoisotopic (exact) mass is 265 g/mol. The molecule has 0 saturated carbocycles. The van der Waals surface area contributed by atoms with Crippen molar-refractivity contribution < 1.29 is 13.9 Å². The number of cyclic esters (lactones) is 1. The van der Waals surface area contributed by atoms with Gasteiger partial charge in [0, 0.05) is 6.92 Å². The second-order valence-electron chi connectivity index (χ2n) is 4.84. The van der Waals surface area contributed by atoms with E-state index in [0.29, 0.717) is 0 Å². The van der Waals surface area contributed by atoms with Crippen LogP contribution in [-0.4, -0.2) is 16.7 Å². The highest BCUT2D eigenvalue weighted by Crippen LogP contribution is 2.41. The summed E-state index contributed by atoms with van der Waals surface area (Å²) in [5.74, 6) is -2.78. The third kappa shape index (κ3) is 2.27. The van der Waals surface area contributed by atoms with E-state index in [9.17, 15) is 9.18 Å². The van der Waals surface area contributed by atoms with E-state index >= 15 is 0 Å². The zero-order chi connectivity index (χ0) is 11.1. The van der Waals surface area contributed by atoms with Crippen LogP contribution in [0.2, 0.25) is 0 Å². The number of esters is 1. The standard InChI is InChI=1S/C10H15BrFO2/c1-9(2,3)6-5-7(11)10(4,12)14-8(6)13/h5-7H,1-4H3/t6-,7+,10+/m0/s1. The van der Waals surface area contributed by atoms with E-state index in [4.69, 9.17) is 4.74 Å². The van der Waals surface area contributed by atoms with E-state index in [2.05, 4.69) is 15.9 Å². The summed E-state index contributed by atoms with van der Waals surface area (Å²) < 4.78 is 18.3. The van der Waals surface area contributed by atoms with E-state index < -0.39 is 16.7 Å². The van der Waals surface area contributed by atoms with E-state index in [0.717, 1.165) is 0 Å². The Bertz CT molecular complexity index is 245. The van der Waals surface area contributed by atoms with Crippen molar-refractivity contribution in [1.82, 2.24) is 0 Å². The van der Waals surface area contributed by atoms with Gasteiger partial charge in [-0.25, -0.2) is 0 Å². The number of alkyl halides is 2. The molecule has 4 heteroatoms. The minimum absolute atomic E-state index is 0.237. The van der Waals surface area contributed by atoms with E-state index in [1.807, 2.05) is 20.8 Å². The van der Waals surface area contributed by atoms with Crippen LogP contribution in [0.4, 0.5) is 4.39 Å². The summed E-state index contributed by atoms with van der Waals surface area (Å²) in [5.41, 5.74) is -0.237. The Morgan fingerprint density at radius 3 is 2.50 bits per heavy atom. The Kier molecular flexibility index (Phi) is 2.96. The van der Waals surface area contributed by atoms with Gasteiger partial charge >= 0.3 is 5.97 Å². The Balaban J connectivity index is 2.83. The van der Waals surface area contributed by atoms with E-state index in [1.165, 1.54) is 6.92 Å². The quantitative estimate of drug-likeness (QED) is 0.498. The third-order valence-electron chi connectivity index (χ3n) is 2.34. The zero-order valence-electron chi connectivity index (χ0n) is 8.80. The van der Waals surface area contributed by atoms with Crippen molar-refractivity contribution in [3.63, 3.8) is 0 Å². The van der Waals surface area contributed by atoms with Crippen LogP contribution in [0, 0.1) is 17.8 Å². The first-order valence-corrected chi connectivity index (χ1v) is 5.47. The first-order chi connectivity index (χ1) is 6.14. The number of carbonyl (C=O) groups is 1. The first-order valence-electron chi connectivity index (χ1n) is 4.55. The highest BCUT2D eigenvalue weighted by Gasteiger charge is 2.49. The molecule has 3 atom stereocenters. The van der Waals surface area contributed by atoms with Crippen LogP contribution in [0.1, 0.15) is 27.7 Å². The molecule has 0 aromatic carbocycles. The second kappa shape index (κ2) is 3.47. The molecule has 0 unspecified atom stereocenters. The lowest BCUT2D eigenvalue weighted by atomic mass is 9.76. The molecular weight excluding hydrogens is 251 g/mol. The lowest BCUT2D eigenvalue weighted by Crippen LogP contribution is -2.49. The lowest BCUT2D eigenvalue weighted by molar-refractivity contribution is -0.191. The van der Waals surface area contributed by atoms with Gasteiger partial charge in [-0.2, -0.15) is 4.39 Å². The molecule has 0 aromatic heterocycles. The van der Waals surface area contributed by atoms with Crippen molar-refractivity contribution in [3.8, 4) is 0 Å². The van der Waals surface area contributed by atoms with Crippen LogP contribution in [0.15, 0.2) is 0 Å². The lowest BCUT2D eigenvalue weighted by Gasteiger charge is -2.39. The fourth-order valence-electron chi connectivity index (χ4n) is 1.38. The molecule has 0 aromatic rings. The Hall–Kier alpha value is -0.120. The first kappa shape index (κ1) is 12.0. The maximum absolute atomic E-state index is 13.6. The highest BCUT2D eigenvalue weighted by molar-refractivity contribution is 9.09. The van der Waals surface area contributed by atoms with E-state index in [1.54, 1.807) is 6.42 Å². The molecule has 1 fully saturated rings. The van der Waals surface area contributed by atoms with Crippen LogP contribution in [0.3, 0.4) is 0 Å². The number of hydrogen-bond acceptors (Lipinski definition) is 2. The molecule has 1 aliphatic rings. The van der Waals surface area contributed by atoms with Crippen LogP contribution < -0.4 is 0 Å². The normalized spacial score (nSPS) is 39.4. The molecule has 0 bridgehead atoms. The van der Waals surface area contributed by atoms with Crippen molar-refractivity contribution >= 4 is 21.9 Å². The number of hydrogen-bond donors (Lipinski definition) is 0. The van der Waals surface area contributed by atoms with Crippen LogP contribution in [-0.2, 0) is 9.53 Å². The Morgan fingerprint density at radius 1 is 1.57 bits per heavy atom. The number of halogens is 2. The third-order valence-corrected chi connectivity index (χ3v) is 3.46. The molecule has 0 spiro atoms. The fourth-order valence-corrected chi connectivity index (χ4v) is 1.78. The molecule has 0 aliphatic carbocycles. The van der Waals surface area contributed by atoms with Crippen molar-refractivity contribution in [2.75, 3.05) is 0 Å². The maximum atomic E-state index is 13.6. The summed E-state index contributed by atoms with van der Waals surface area (Å²) in [7, 11) is 0. The largest absolute Gasteiger partial charge is 0.427 e. The summed E-state index contributed by atoms with van der Waals surface area (Å²) in [6, 6.07) is 0. The van der Waals surface area contributed by atoms with Crippen molar-refractivity contribution in [3.05, 3.63) is 6.42 Å². The predicted molar refractivity (Wildman–Crippen MR) is 55.6 cm³/mol. The molecule has 0 N–H and O–H groups in total. The molecule has 1 aliphatic heterocycles. The van der Waals surface area contributed by atoms with Gasteiger partial charge in [-0.05, 0) is 11.8 Å². The number of rotatable bonds is 0.